The first-order chi connectivity index (χ1) is 10.3. The average Bonchev–Trinajstić information content (AvgIpc) is 2.74. The second-order valence-corrected chi connectivity index (χ2v) is 8.04. The third kappa shape index (κ3) is 2.41. The van der Waals surface area contributed by atoms with Gasteiger partial charge in [0, 0.05) is 22.9 Å². The van der Waals surface area contributed by atoms with Crippen molar-refractivity contribution in [3.05, 3.63) is 58.3 Å². The first-order valence-electron chi connectivity index (χ1n) is 5.85. The Morgan fingerprint density at radius 3 is 1.77 bits per heavy atom. The molecule has 3 rings (SSSR count). The summed E-state index contributed by atoms with van der Waals surface area (Å²) in [6, 6.07) is 6.62. The molecule has 2 aromatic carbocycles. The minimum Gasteiger partial charge on any atom is -0.268 e. The normalized spacial score (nSPS) is 13.8. The molecule has 112 valence electrons. The van der Waals surface area contributed by atoms with Crippen molar-refractivity contribution >= 4 is 92.8 Å². The van der Waals surface area contributed by atoms with Crippen molar-refractivity contribution in [2.75, 3.05) is 4.90 Å². The van der Waals surface area contributed by atoms with Gasteiger partial charge in [-0.1, -0.05) is 17.7 Å². The smallest absolute Gasteiger partial charge is 0.267 e. The molecule has 0 fully saturated rings. The zero-order valence-electron chi connectivity index (χ0n) is 10.5. The van der Waals surface area contributed by atoms with Gasteiger partial charge in [0.1, 0.15) is 0 Å². The van der Waals surface area contributed by atoms with E-state index in [1.165, 1.54) is 0 Å². The maximum Gasteiger partial charge on any atom is 0.267 e. The third-order valence-electron chi connectivity index (χ3n) is 3.17. The molecule has 1 aliphatic heterocycles. The van der Waals surface area contributed by atoms with Crippen molar-refractivity contribution in [1.82, 2.24) is 0 Å². The predicted octanol–water partition coefficient (Wildman–Crippen LogP) is 6.19. The summed E-state index contributed by atoms with van der Waals surface area (Å²) in [6.07, 6.45) is 0. The standard InChI is InChI=1S/C14H4Br4ClNO2/c15-9-7-8(10(16)12(18)11(9)17)14(22)20(13(7)21)6-3-1-2-5(19)4-6/h1-4H. The van der Waals surface area contributed by atoms with E-state index in [0.29, 0.717) is 39.7 Å². The molecule has 2 aromatic rings. The topological polar surface area (TPSA) is 37.4 Å². The van der Waals surface area contributed by atoms with E-state index in [4.69, 9.17) is 11.6 Å². The number of nitrogens with zero attached hydrogens (tertiary/aromatic N) is 1. The molecule has 0 radical (unpaired) electrons. The highest BCUT2D eigenvalue weighted by molar-refractivity contribution is 9.15. The quantitative estimate of drug-likeness (QED) is 0.232. The Bertz CT molecular complexity index is 806. The SMILES string of the molecule is O=C1c2c(Br)c(Br)c(Br)c(Br)c2C(=O)N1c1cccc(Cl)c1. The van der Waals surface area contributed by atoms with E-state index in [-0.39, 0.29) is 0 Å². The summed E-state index contributed by atoms with van der Waals surface area (Å²) in [5, 5.41) is 0.453. The van der Waals surface area contributed by atoms with E-state index in [1.807, 2.05) is 0 Å². The molecule has 3 nitrogen and oxygen atoms in total. The minimum atomic E-state index is -0.400. The van der Waals surface area contributed by atoms with Gasteiger partial charge in [-0.05, 0) is 81.9 Å². The van der Waals surface area contributed by atoms with Crippen LogP contribution in [0.4, 0.5) is 5.69 Å². The van der Waals surface area contributed by atoms with Crippen LogP contribution >= 0.6 is 75.3 Å². The van der Waals surface area contributed by atoms with Crippen LogP contribution in [0.15, 0.2) is 42.2 Å². The van der Waals surface area contributed by atoms with Crippen LogP contribution in [0.3, 0.4) is 0 Å². The molecule has 0 aromatic heterocycles. The van der Waals surface area contributed by atoms with Crippen molar-refractivity contribution in [3.8, 4) is 0 Å². The third-order valence-corrected chi connectivity index (χ3v) is 8.17. The fourth-order valence-electron chi connectivity index (χ4n) is 2.20. The fraction of sp³-hybridized carbons (Fsp3) is 0. The first-order valence-corrected chi connectivity index (χ1v) is 9.40. The highest BCUT2D eigenvalue weighted by Gasteiger charge is 2.41. The lowest BCUT2D eigenvalue weighted by Crippen LogP contribution is -2.29. The molecule has 0 N–H and O–H groups in total. The Morgan fingerprint density at radius 1 is 0.818 bits per heavy atom. The van der Waals surface area contributed by atoms with Crippen LogP contribution in [0.25, 0.3) is 0 Å². The molecule has 0 spiro atoms. The number of imide groups is 1. The van der Waals surface area contributed by atoms with E-state index < -0.39 is 11.8 Å². The average molecular weight is 573 g/mol. The van der Waals surface area contributed by atoms with Gasteiger partial charge in [-0.15, -0.1) is 0 Å². The Hall–Kier alpha value is -0.210. The van der Waals surface area contributed by atoms with Gasteiger partial charge >= 0.3 is 0 Å². The van der Waals surface area contributed by atoms with Crippen LogP contribution in [-0.4, -0.2) is 11.8 Å². The summed E-state index contributed by atoms with van der Waals surface area (Å²) in [4.78, 5) is 26.6. The predicted molar refractivity (Wildman–Crippen MR) is 99.8 cm³/mol. The van der Waals surface area contributed by atoms with Crippen molar-refractivity contribution in [2.24, 2.45) is 0 Å². The van der Waals surface area contributed by atoms with E-state index in [1.54, 1.807) is 24.3 Å². The molecule has 0 atom stereocenters. The van der Waals surface area contributed by atoms with Crippen molar-refractivity contribution < 1.29 is 9.59 Å². The molecule has 8 heteroatoms. The zero-order valence-corrected chi connectivity index (χ0v) is 17.6. The second kappa shape index (κ2) is 6.02. The number of amides is 2. The second-order valence-electron chi connectivity index (χ2n) is 4.43. The summed E-state index contributed by atoms with van der Waals surface area (Å²) in [5.74, 6) is -0.800. The summed E-state index contributed by atoms with van der Waals surface area (Å²) < 4.78 is 2.38. The van der Waals surface area contributed by atoms with E-state index in [2.05, 4.69) is 63.7 Å². The Balaban J connectivity index is 2.26. The van der Waals surface area contributed by atoms with Crippen LogP contribution in [-0.2, 0) is 0 Å². The Kier molecular flexibility index (Phi) is 4.55. The van der Waals surface area contributed by atoms with Gasteiger partial charge in [0.25, 0.3) is 11.8 Å². The summed E-state index contributed by atoms with van der Waals surface area (Å²) in [7, 11) is 0. The van der Waals surface area contributed by atoms with Crippen LogP contribution < -0.4 is 4.90 Å². The lowest BCUT2D eigenvalue weighted by Gasteiger charge is -2.13. The van der Waals surface area contributed by atoms with Crippen molar-refractivity contribution in [1.29, 1.82) is 0 Å². The van der Waals surface area contributed by atoms with Gasteiger partial charge in [0.15, 0.2) is 0 Å². The molecule has 1 heterocycles. The Morgan fingerprint density at radius 2 is 1.32 bits per heavy atom. The van der Waals surface area contributed by atoms with Crippen LogP contribution in [0.1, 0.15) is 20.7 Å². The van der Waals surface area contributed by atoms with Crippen LogP contribution in [0, 0.1) is 0 Å². The first kappa shape index (κ1) is 16.6. The molecule has 22 heavy (non-hydrogen) atoms. The number of benzene rings is 2. The van der Waals surface area contributed by atoms with E-state index in [9.17, 15) is 9.59 Å². The van der Waals surface area contributed by atoms with Crippen molar-refractivity contribution in [2.45, 2.75) is 0 Å². The highest BCUT2D eigenvalue weighted by Crippen LogP contribution is 2.46. The van der Waals surface area contributed by atoms with Gasteiger partial charge in [-0.3, -0.25) is 9.59 Å². The highest BCUT2D eigenvalue weighted by atomic mass is 79.9. The van der Waals surface area contributed by atoms with Gasteiger partial charge in [0.2, 0.25) is 0 Å². The number of rotatable bonds is 1. The maximum atomic E-state index is 12.7. The molecule has 0 saturated carbocycles. The molecular weight excluding hydrogens is 569 g/mol. The van der Waals surface area contributed by atoms with Crippen LogP contribution in [0.2, 0.25) is 5.02 Å². The van der Waals surface area contributed by atoms with Gasteiger partial charge < -0.3 is 0 Å². The summed E-state index contributed by atoms with van der Waals surface area (Å²) >= 11 is 19.5. The summed E-state index contributed by atoms with van der Waals surface area (Å²) in [5.41, 5.74) is 1.06. The van der Waals surface area contributed by atoms with Gasteiger partial charge in [-0.25, -0.2) is 4.90 Å². The molecule has 0 bridgehead atoms. The number of carbonyl (C=O) groups excluding carboxylic acids is 2. The monoisotopic (exact) mass is 569 g/mol. The number of halogens is 5. The van der Waals surface area contributed by atoms with Gasteiger partial charge in [-0.2, -0.15) is 0 Å². The van der Waals surface area contributed by atoms with E-state index >= 15 is 0 Å². The lowest BCUT2D eigenvalue weighted by atomic mass is 10.1. The number of carbonyl (C=O) groups is 2. The largest absolute Gasteiger partial charge is 0.268 e. The number of hydrogen-bond acceptors (Lipinski definition) is 2. The van der Waals surface area contributed by atoms with Gasteiger partial charge in [0.05, 0.1) is 16.8 Å². The maximum absolute atomic E-state index is 12.7. The lowest BCUT2D eigenvalue weighted by molar-refractivity contribution is 0.0926. The van der Waals surface area contributed by atoms with E-state index in [0.717, 1.165) is 4.90 Å². The molecular formula is C14H4Br4ClNO2. The van der Waals surface area contributed by atoms with Crippen LogP contribution in [0.5, 0.6) is 0 Å². The number of hydrogen-bond donors (Lipinski definition) is 0. The molecule has 0 aliphatic carbocycles. The number of fused-ring (bicyclic) bond motifs is 1. The molecule has 1 aliphatic rings. The van der Waals surface area contributed by atoms with Crippen molar-refractivity contribution in [3.63, 3.8) is 0 Å². The summed E-state index contributed by atoms with van der Waals surface area (Å²) in [6.45, 7) is 0. The fourth-order valence-corrected chi connectivity index (χ4v) is 4.84. The number of anilines is 1. The minimum absolute atomic E-state index is 0.312. The Labute approximate surface area is 164 Å². The molecule has 2 amide bonds. The molecule has 0 saturated heterocycles. The zero-order chi connectivity index (χ0) is 16.2. The molecule has 0 unspecified atom stereocenters.